The summed E-state index contributed by atoms with van der Waals surface area (Å²) in [4.78, 5) is 6.90. The second-order valence-corrected chi connectivity index (χ2v) is 8.58. The molecular formula is C28H36FN5O. The van der Waals surface area contributed by atoms with Crippen molar-refractivity contribution in [1.29, 1.82) is 0 Å². The molecule has 1 aliphatic rings. The first-order valence-corrected chi connectivity index (χ1v) is 12.0. The molecule has 5 N–H and O–H groups in total. The summed E-state index contributed by atoms with van der Waals surface area (Å²) in [6.07, 6.45) is 8.65. The number of aromatic nitrogens is 1. The molecule has 7 heteroatoms. The van der Waals surface area contributed by atoms with Gasteiger partial charge < -0.3 is 26.4 Å². The SMILES string of the molecule is C=C/C(NC(=C)c1nc(-c2cc(OCCC)ccc2F)ccc1N)=C(\C=C/C)N1CCC[C@H](N)C1. The first kappa shape index (κ1) is 26.0. The standard InChI is InChI=1S/C28H36FN5O/c1-5-9-27(34-15-8-10-20(30)18-34)25(7-3)32-19(4)28-24(31)13-14-26(33-28)22-17-21(35-16-6-2)11-12-23(22)29/h5,7,9,11-14,17,20,32H,3-4,6,8,10,15-16,18,30-31H2,1-2H3/b9-5-,27-25-/t20-/m0/s1. The summed E-state index contributed by atoms with van der Waals surface area (Å²) in [7, 11) is 0. The number of nitrogens with zero attached hydrogens (tertiary/aromatic N) is 2. The van der Waals surface area contributed by atoms with Crippen molar-refractivity contribution in [3.05, 3.63) is 84.6 Å². The molecule has 35 heavy (non-hydrogen) atoms. The number of ether oxygens (including phenoxy) is 1. The Bertz CT molecular complexity index is 1120. The second-order valence-electron chi connectivity index (χ2n) is 8.58. The van der Waals surface area contributed by atoms with Gasteiger partial charge in [0.25, 0.3) is 0 Å². The van der Waals surface area contributed by atoms with Gasteiger partial charge in [0.05, 0.1) is 35.1 Å². The Morgan fingerprint density at radius 3 is 2.83 bits per heavy atom. The molecule has 2 heterocycles. The Morgan fingerprint density at radius 2 is 2.14 bits per heavy atom. The van der Waals surface area contributed by atoms with Crippen molar-refractivity contribution in [2.45, 2.75) is 39.2 Å². The first-order chi connectivity index (χ1) is 16.9. The average Bonchev–Trinajstić information content (AvgIpc) is 2.86. The number of halogens is 1. The van der Waals surface area contributed by atoms with Crippen molar-refractivity contribution in [1.82, 2.24) is 15.2 Å². The topological polar surface area (TPSA) is 89.4 Å². The Morgan fingerprint density at radius 1 is 1.34 bits per heavy atom. The van der Waals surface area contributed by atoms with Gasteiger partial charge in [-0.05, 0) is 68.7 Å². The number of hydrogen-bond acceptors (Lipinski definition) is 6. The normalized spacial score (nSPS) is 16.7. The van der Waals surface area contributed by atoms with Crippen molar-refractivity contribution in [2.75, 3.05) is 25.4 Å². The summed E-state index contributed by atoms with van der Waals surface area (Å²) in [6, 6.07) is 8.18. The van der Waals surface area contributed by atoms with Crippen LogP contribution in [-0.4, -0.2) is 35.6 Å². The van der Waals surface area contributed by atoms with Crippen molar-refractivity contribution >= 4 is 11.4 Å². The molecule has 6 nitrogen and oxygen atoms in total. The number of likely N-dealkylation sites (tertiary alicyclic amines) is 1. The maximum absolute atomic E-state index is 14.7. The molecule has 2 aromatic rings. The third-order valence-electron chi connectivity index (χ3n) is 5.79. The van der Waals surface area contributed by atoms with Gasteiger partial charge in [-0.25, -0.2) is 9.37 Å². The van der Waals surface area contributed by atoms with Gasteiger partial charge in [-0.2, -0.15) is 0 Å². The van der Waals surface area contributed by atoms with Gasteiger partial charge in [-0.15, -0.1) is 0 Å². The smallest absolute Gasteiger partial charge is 0.132 e. The van der Waals surface area contributed by atoms with Crippen LogP contribution in [0.4, 0.5) is 10.1 Å². The van der Waals surface area contributed by atoms with E-state index >= 15 is 0 Å². The van der Waals surface area contributed by atoms with E-state index in [0.717, 1.165) is 43.7 Å². The number of piperidine rings is 1. The Kier molecular flexibility index (Phi) is 9.09. The molecule has 1 saturated heterocycles. The molecule has 0 bridgehead atoms. The van der Waals surface area contributed by atoms with E-state index in [1.54, 1.807) is 30.3 Å². The number of nitrogens with two attached hydrogens (primary N) is 2. The monoisotopic (exact) mass is 477 g/mol. The minimum absolute atomic E-state index is 0.124. The van der Waals surface area contributed by atoms with E-state index in [2.05, 4.69) is 28.4 Å². The predicted molar refractivity (Wildman–Crippen MR) is 143 cm³/mol. The largest absolute Gasteiger partial charge is 0.494 e. The van der Waals surface area contributed by atoms with E-state index in [9.17, 15) is 4.39 Å². The fourth-order valence-corrected chi connectivity index (χ4v) is 4.07. The number of nitrogens with one attached hydrogen (secondary N) is 1. The van der Waals surface area contributed by atoms with Crippen LogP contribution in [0.2, 0.25) is 0 Å². The van der Waals surface area contributed by atoms with Crippen molar-refractivity contribution in [2.24, 2.45) is 5.73 Å². The zero-order chi connectivity index (χ0) is 25.4. The van der Waals surface area contributed by atoms with Crippen LogP contribution < -0.4 is 21.5 Å². The molecule has 0 unspecified atom stereocenters. The molecule has 186 valence electrons. The molecule has 0 spiro atoms. The summed E-state index contributed by atoms with van der Waals surface area (Å²) < 4.78 is 20.4. The van der Waals surface area contributed by atoms with Crippen LogP contribution in [0.3, 0.4) is 0 Å². The highest BCUT2D eigenvalue weighted by Gasteiger charge is 2.20. The lowest BCUT2D eigenvalue weighted by Gasteiger charge is -2.34. The van der Waals surface area contributed by atoms with Crippen LogP contribution in [-0.2, 0) is 0 Å². The van der Waals surface area contributed by atoms with Gasteiger partial charge in [0, 0.05) is 24.7 Å². The van der Waals surface area contributed by atoms with Crippen molar-refractivity contribution in [3.63, 3.8) is 0 Å². The summed E-state index contributed by atoms with van der Waals surface area (Å²) in [6.45, 7) is 14.4. The molecule has 0 aliphatic carbocycles. The number of benzene rings is 1. The number of rotatable bonds is 10. The molecule has 0 radical (unpaired) electrons. The lowest BCUT2D eigenvalue weighted by atomic mass is 10.0. The van der Waals surface area contributed by atoms with Gasteiger partial charge in [-0.3, -0.25) is 0 Å². The fraction of sp³-hybridized carbons (Fsp3) is 0.321. The predicted octanol–water partition coefficient (Wildman–Crippen LogP) is 5.22. The van der Waals surface area contributed by atoms with Crippen LogP contribution in [0, 0.1) is 5.82 Å². The molecule has 1 fully saturated rings. The van der Waals surface area contributed by atoms with Crippen LogP contribution in [0.1, 0.15) is 38.8 Å². The highest BCUT2D eigenvalue weighted by Crippen LogP contribution is 2.29. The molecule has 1 aliphatic heterocycles. The third-order valence-corrected chi connectivity index (χ3v) is 5.79. The first-order valence-electron chi connectivity index (χ1n) is 12.0. The van der Waals surface area contributed by atoms with Crippen LogP contribution >= 0.6 is 0 Å². The molecule has 0 saturated carbocycles. The van der Waals surface area contributed by atoms with Crippen LogP contribution in [0.15, 0.2) is 73.1 Å². The van der Waals surface area contributed by atoms with E-state index in [0.29, 0.717) is 40.7 Å². The maximum Gasteiger partial charge on any atom is 0.132 e. The lowest BCUT2D eigenvalue weighted by Crippen LogP contribution is -2.42. The number of hydrogen-bond donors (Lipinski definition) is 3. The molecule has 1 atom stereocenters. The van der Waals surface area contributed by atoms with E-state index in [-0.39, 0.29) is 11.9 Å². The van der Waals surface area contributed by atoms with Crippen LogP contribution in [0.25, 0.3) is 17.0 Å². The number of nitrogen functional groups attached to an aromatic ring is 1. The summed E-state index contributed by atoms with van der Waals surface area (Å²) >= 11 is 0. The third kappa shape index (κ3) is 6.51. The van der Waals surface area contributed by atoms with E-state index in [4.69, 9.17) is 16.2 Å². The highest BCUT2D eigenvalue weighted by atomic mass is 19.1. The van der Waals surface area contributed by atoms with E-state index in [1.165, 1.54) is 6.07 Å². The van der Waals surface area contributed by atoms with Gasteiger partial charge in [0.2, 0.25) is 0 Å². The summed E-state index contributed by atoms with van der Waals surface area (Å²) in [5, 5.41) is 3.33. The average molecular weight is 478 g/mol. The minimum Gasteiger partial charge on any atom is -0.494 e. The fourth-order valence-electron chi connectivity index (χ4n) is 4.07. The number of pyridine rings is 1. The molecule has 0 amide bonds. The quantitative estimate of drug-likeness (QED) is 0.407. The van der Waals surface area contributed by atoms with E-state index < -0.39 is 0 Å². The van der Waals surface area contributed by atoms with Gasteiger partial charge in [0.15, 0.2) is 0 Å². The van der Waals surface area contributed by atoms with Crippen molar-refractivity contribution < 1.29 is 9.13 Å². The molecule has 3 rings (SSSR count). The lowest BCUT2D eigenvalue weighted by molar-refractivity contribution is 0.264. The molecular weight excluding hydrogens is 441 g/mol. The Labute approximate surface area is 207 Å². The van der Waals surface area contributed by atoms with Crippen LogP contribution in [0.5, 0.6) is 5.75 Å². The zero-order valence-electron chi connectivity index (χ0n) is 20.7. The minimum atomic E-state index is -0.390. The zero-order valence-corrected chi connectivity index (χ0v) is 20.7. The van der Waals surface area contributed by atoms with Gasteiger partial charge in [-0.1, -0.05) is 26.2 Å². The summed E-state index contributed by atoms with van der Waals surface area (Å²) in [5.41, 5.74) is 16.4. The van der Waals surface area contributed by atoms with E-state index in [1.807, 2.05) is 26.0 Å². The second kappa shape index (κ2) is 12.2. The Hall–Kier alpha value is -3.58. The number of allylic oxidation sites excluding steroid dienone is 3. The van der Waals surface area contributed by atoms with Gasteiger partial charge >= 0.3 is 0 Å². The molecule has 1 aromatic carbocycles. The number of anilines is 1. The van der Waals surface area contributed by atoms with Crippen molar-refractivity contribution in [3.8, 4) is 17.0 Å². The molecule has 1 aromatic heterocycles. The van der Waals surface area contributed by atoms with Gasteiger partial charge in [0.1, 0.15) is 17.3 Å². The summed E-state index contributed by atoms with van der Waals surface area (Å²) in [5.74, 6) is 0.201. The highest BCUT2D eigenvalue weighted by molar-refractivity contribution is 5.74. The maximum atomic E-state index is 14.7. The Balaban J connectivity index is 1.94.